The molecule has 0 N–H and O–H groups in total. The minimum Gasteiger partial charge on any atom is -0.295 e. The second-order valence-electron chi connectivity index (χ2n) is 4.49. The molecule has 2 aliphatic heterocycles. The van der Waals surface area contributed by atoms with E-state index in [4.69, 9.17) is 0 Å². The Hall–Kier alpha value is -0.110. The Balaban J connectivity index is 2.09. The highest BCUT2D eigenvalue weighted by Gasteiger charge is 2.41. The number of nitrogens with zero attached hydrogens (tertiary/aromatic N) is 1. The Morgan fingerprint density at radius 2 is 1.67 bits per heavy atom. The largest absolute Gasteiger partial charge is 0.295 e. The maximum atomic E-state index is 13.1. The second-order valence-corrected chi connectivity index (χ2v) is 4.49. The molecule has 2 unspecified atom stereocenters. The van der Waals surface area contributed by atoms with Crippen molar-refractivity contribution >= 4 is 0 Å². The van der Waals surface area contributed by atoms with Crippen molar-refractivity contribution < 1.29 is 4.39 Å². The lowest BCUT2D eigenvalue weighted by molar-refractivity contribution is 0.0578. The summed E-state index contributed by atoms with van der Waals surface area (Å²) in [5, 5.41) is 0. The van der Waals surface area contributed by atoms with E-state index in [-0.39, 0.29) is 0 Å². The first-order valence-corrected chi connectivity index (χ1v) is 5.10. The van der Waals surface area contributed by atoms with E-state index in [9.17, 15) is 4.39 Å². The number of piperidine rings is 1. The van der Waals surface area contributed by atoms with Crippen molar-refractivity contribution in [2.45, 2.75) is 63.8 Å². The van der Waals surface area contributed by atoms with Gasteiger partial charge in [0.25, 0.3) is 0 Å². The molecule has 1 nitrogen and oxygen atoms in total. The number of halogens is 1. The van der Waals surface area contributed by atoms with E-state index in [1.165, 1.54) is 12.8 Å². The van der Waals surface area contributed by atoms with Gasteiger partial charge < -0.3 is 0 Å². The van der Waals surface area contributed by atoms with Crippen LogP contribution >= 0.6 is 0 Å². The van der Waals surface area contributed by atoms with E-state index in [1.54, 1.807) is 0 Å². The van der Waals surface area contributed by atoms with Crippen molar-refractivity contribution in [3.05, 3.63) is 0 Å². The Bertz CT molecular complexity index is 155. The molecule has 2 rings (SSSR count). The Kier molecular flexibility index (Phi) is 2.11. The summed E-state index contributed by atoms with van der Waals surface area (Å²) in [6.45, 7) is 4.45. The van der Waals surface area contributed by atoms with Crippen molar-refractivity contribution in [2.24, 2.45) is 0 Å². The standard InChI is InChI=1S/C10H18FN/c1-7(2)12-9-3-4-10(12)6-8(11)5-9/h7-10H,3-6H2,1-2H3. The zero-order valence-electron chi connectivity index (χ0n) is 7.96. The molecule has 0 aromatic carbocycles. The van der Waals surface area contributed by atoms with Crippen LogP contribution in [0, 0.1) is 0 Å². The fourth-order valence-electron chi connectivity index (χ4n) is 2.99. The molecule has 2 bridgehead atoms. The van der Waals surface area contributed by atoms with Crippen LogP contribution in [-0.4, -0.2) is 29.2 Å². The summed E-state index contributed by atoms with van der Waals surface area (Å²) in [6, 6.07) is 1.72. The molecule has 2 aliphatic rings. The van der Waals surface area contributed by atoms with Crippen LogP contribution < -0.4 is 0 Å². The lowest BCUT2D eigenvalue weighted by Crippen LogP contribution is -2.47. The van der Waals surface area contributed by atoms with Crippen LogP contribution in [0.4, 0.5) is 4.39 Å². The monoisotopic (exact) mass is 171 g/mol. The molecule has 2 fully saturated rings. The Morgan fingerprint density at radius 1 is 1.17 bits per heavy atom. The quantitative estimate of drug-likeness (QED) is 0.585. The summed E-state index contributed by atoms with van der Waals surface area (Å²) < 4.78 is 13.1. The molecule has 0 spiro atoms. The van der Waals surface area contributed by atoms with E-state index < -0.39 is 6.17 Å². The average molecular weight is 171 g/mol. The number of fused-ring (bicyclic) bond motifs is 2. The van der Waals surface area contributed by atoms with Crippen LogP contribution in [0.2, 0.25) is 0 Å². The van der Waals surface area contributed by atoms with Gasteiger partial charge in [0.1, 0.15) is 6.17 Å². The molecule has 0 amide bonds. The van der Waals surface area contributed by atoms with Gasteiger partial charge in [-0.2, -0.15) is 0 Å². The van der Waals surface area contributed by atoms with Gasteiger partial charge in [0.15, 0.2) is 0 Å². The molecule has 2 saturated heterocycles. The van der Waals surface area contributed by atoms with E-state index in [1.807, 2.05) is 0 Å². The number of rotatable bonds is 1. The number of hydrogen-bond acceptors (Lipinski definition) is 1. The summed E-state index contributed by atoms with van der Waals surface area (Å²) in [5.41, 5.74) is 0. The van der Waals surface area contributed by atoms with Gasteiger partial charge in [0.2, 0.25) is 0 Å². The third kappa shape index (κ3) is 1.26. The van der Waals surface area contributed by atoms with Gasteiger partial charge in [-0.1, -0.05) is 0 Å². The lowest BCUT2D eigenvalue weighted by atomic mass is 9.99. The van der Waals surface area contributed by atoms with Gasteiger partial charge in [-0.05, 0) is 39.5 Å². The molecule has 2 heterocycles. The zero-order valence-corrected chi connectivity index (χ0v) is 7.96. The van der Waals surface area contributed by atoms with Crippen LogP contribution in [0.3, 0.4) is 0 Å². The maximum Gasteiger partial charge on any atom is 0.103 e. The summed E-state index contributed by atoms with van der Waals surface area (Å²) in [6.07, 6.45) is 3.51. The number of hydrogen-bond donors (Lipinski definition) is 0. The predicted molar refractivity (Wildman–Crippen MR) is 47.9 cm³/mol. The van der Waals surface area contributed by atoms with Crippen LogP contribution in [0.5, 0.6) is 0 Å². The fraction of sp³-hybridized carbons (Fsp3) is 1.00. The van der Waals surface area contributed by atoms with Crippen molar-refractivity contribution in [3.8, 4) is 0 Å². The summed E-state index contributed by atoms with van der Waals surface area (Å²) in [7, 11) is 0. The highest BCUT2D eigenvalue weighted by Crippen LogP contribution is 2.37. The van der Waals surface area contributed by atoms with Gasteiger partial charge >= 0.3 is 0 Å². The first kappa shape index (κ1) is 8.49. The molecular formula is C10H18FN. The molecule has 12 heavy (non-hydrogen) atoms. The van der Waals surface area contributed by atoms with Crippen molar-refractivity contribution in [3.63, 3.8) is 0 Å². The van der Waals surface area contributed by atoms with E-state index >= 15 is 0 Å². The zero-order chi connectivity index (χ0) is 8.72. The number of alkyl halides is 1. The van der Waals surface area contributed by atoms with Crippen molar-refractivity contribution in [2.75, 3.05) is 0 Å². The molecule has 0 saturated carbocycles. The van der Waals surface area contributed by atoms with E-state index in [0.29, 0.717) is 18.1 Å². The summed E-state index contributed by atoms with van der Waals surface area (Å²) in [4.78, 5) is 2.52. The van der Waals surface area contributed by atoms with Crippen LogP contribution in [0.1, 0.15) is 39.5 Å². The van der Waals surface area contributed by atoms with Gasteiger partial charge in [-0.3, -0.25) is 4.90 Å². The normalized spacial score (nSPS) is 42.5. The van der Waals surface area contributed by atoms with Crippen LogP contribution in [0.25, 0.3) is 0 Å². The summed E-state index contributed by atoms with van der Waals surface area (Å²) in [5.74, 6) is 0. The summed E-state index contributed by atoms with van der Waals surface area (Å²) >= 11 is 0. The van der Waals surface area contributed by atoms with Crippen molar-refractivity contribution in [1.29, 1.82) is 0 Å². The van der Waals surface area contributed by atoms with Crippen LogP contribution in [-0.2, 0) is 0 Å². The molecular weight excluding hydrogens is 153 g/mol. The van der Waals surface area contributed by atoms with Gasteiger partial charge in [-0.25, -0.2) is 4.39 Å². The highest BCUT2D eigenvalue weighted by atomic mass is 19.1. The third-order valence-corrected chi connectivity index (χ3v) is 3.33. The average Bonchev–Trinajstić information content (AvgIpc) is 2.24. The first-order valence-electron chi connectivity index (χ1n) is 5.10. The molecule has 2 heteroatoms. The molecule has 2 atom stereocenters. The lowest BCUT2D eigenvalue weighted by Gasteiger charge is -2.39. The van der Waals surface area contributed by atoms with Crippen molar-refractivity contribution in [1.82, 2.24) is 4.90 Å². The topological polar surface area (TPSA) is 3.24 Å². The highest BCUT2D eigenvalue weighted by molar-refractivity contribution is 4.96. The Labute approximate surface area is 73.9 Å². The first-order chi connectivity index (χ1) is 5.68. The molecule has 0 aliphatic carbocycles. The predicted octanol–water partition coefficient (Wildman–Crippen LogP) is 2.36. The van der Waals surface area contributed by atoms with Gasteiger partial charge in [-0.15, -0.1) is 0 Å². The van der Waals surface area contributed by atoms with Gasteiger partial charge in [0.05, 0.1) is 0 Å². The fourth-order valence-corrected chi connectivity index (χ4v) is 2.99. The maximum absolute atomic E-state index is 13.1. The SMILES string of the molecule is CC(C)N1C2CCC1CC(F)C2. The van der Waals surface area contributed by atoms with E-state index in [2.05, 4.69) is 18.7 Å². The van der Waals surface area contributed by atoms with Crippen LogP contribution in [0.15, 0.2) is 0 Å². The minimum atomic E-state index is -0.516. The smallest absolute Gasteiger partial charge is 0.103 e. The second kappa shape index (κ2) is 2.99. The third-order valence-electron chi connectivity index (χ3n) is 3.33. The molecule has 70 valence electrons. The minimum absolute atomic E-state index is 0.516. The molecule has 0 radical (unpaired) electrons. The van der Waals surface area contributed by atoms with Gasteiger partial charge in [0, 0.05) is 18.1 Å². The molecule has 0 aromatic rings. The Morgan fingerprint density at radius 3 is 2.08 bits per heavy atom. The molecule has 0 aromatic heterocycles. The van der Waals surface area contributed by atoms with E-state index in [0.717, 1.165) is 12.8 Å².